The van der Waals surface area contributed by atoms with Crippen molar-refractivity contribution in [2.45, 2.75) is 37.5 Å². The van der Waals surface area contributed by atoms with Crippen molar-refractivity contribution in [1.29, 1.82) is 0 Å². The molecule has 0 heterocycles. The number of carbonyl (C=O) groups is 1. The van der Waals surface area contributed by atoms with Gasteiger partial charge in [-0.05, 0) is 42.9 Å². The van der Waals surface area contributed by atoms with Crippen LogP contribution >= 0.6 is 0 Å². The predicted molar refractivity (Wildman–Crippen MR) is 67.8 cm³/mol. The summed E-state index contributed by atoms with van der Waals surface area (Å²) in [6.07, 6.45) is 1.97. The Bertz CT molecular complexity index is 598. The highest BCUT2D eigenvalue weighted by molar-refractivity contribution is 7.91. The molecule has 0 radical (unpaired) electrons. The van der Waals surface area contributed by atoms with Gasteiger partial charge in [-0.2, -0.15) is 0 Å². The van der Waals surface area contributed by atoms with Crippen molar-refractivity contribution >= 4 is 15.8 Å². The zero-order valence-electron chi connectivity index (χ0n) is 10.4. The van der Waals surface area contributed by atoms with E-state index in [9.17, 15) is 13.2 Å². The van der Waals surface area contributed by atoms with Crippen molar-refractivity contribution in [2.24, 2.45) is 0 Å². The standard InChI is InChI=1S/C13H16O4S/c1-3-18(16,17)12-8(2)10(13(14)15)6-7-11(12)9-4-5-9/h6-7,9H,3-5H2,1-2H3,(H,14,15). The molecule has 1 aromatic carbocycles. The minimum Gasteiger partial charge on any atom is -0.478 e. The SMILES string of the molecule is CCS(=O)(=O)c1c(C2CC2)ccc(C(=O)O)c1C. The van der Waals surface area contributed by atoms with E-state index in [0.29, 0.717) is 5.56 Å². The molecule has 1 aliphatic carbocycles. The van der Waals surface area contributed by atoms with Crippen LogP contribution in [0.4, 0.5) is 0 Å². The number of hydrogen-bond acceptors (Lipinski definition) is 3. The van der Waals surface area contributed by atoms with Gasteiger partial charge in [0.15, 0.2) is 9.84 Å². The van der Waals surface area contributed by atoms with E-state index in [1.54, 1.807) is 19.9 Å². The Kier molecular flexibility index (Phi) is 3.19. The molecular formula is C13H16O4S. The van der Waals surface area contributed by atoms with E-state index >= 15 is 0 Å². The number of hydrogen-bond donors (Lipinski definition) is 1. The van der Waals surface area contributed by atoms with Crippen LogP contribution in [-0.4, -0.2) is 25.2 Å². The summed E-state index contributed by atoms with van der Waals surface area (Å²) in [6.45, 7) is 3.16. The molecule has 0 aromatic heterocycles. The summed E-state index contributed by atoms with van der Waals surface area (Å²) in [5.41, 5.74) is 1.24. The van der Waals surface area contributed by atoms with Crippen LogP contribution in [0.3, 0.4) is 0 Å². The van der Waals surface area contributed by atoms with Crippen molar-refractivity contribution in [3.8, 4) is 0 Å². The zero-order chi connectivity index (χ0) is 13.5. The molecule has 1 N–H and O–H groups in total. The Balaban J connectivity index is 2.72. The number of rotatable bonds is 4. The summed E-state index contributed by atoms with van der Waals surface area (Å²) >= 11 is 0. The molecular weight excluding hydrogens is 252 g/mol. The third kappa shape index (κ3) is 2.14. The lowest BCUT2D eigenvalue weighted by molar-refractivity contribution is 0.0696. The highest BCUT2D eigenvalue weighted by Gasteiger charge is 2.32. The normalized spacial score (nSPS) is 15.7. The van der Waals surface area contributed by atoms with Gasteiger partial charge in [0.05, 0.1) is 16.2 Å². The van der Waals surface area contributed by atoms with Gasteiger partial charge in [-0.1, -0.05) is 13.0 Å². The molecule has 1 fully saturated rings. The second kappa shape index (κ2) is 4.39. The molecule has 0 spiro atoms. The van der Waals surface area contributed by atoms with E-state index in [-0.39, 0.29) is 22.1 Å². The predicted octanol–water partition coefficient (Wildman–Crippen LogP) is 2.36. The number of aromatic carboxylic acids is 1. The quantitative estimate of drug-likeness (QED) is 0.910. The smallest absolute Gasteiger partial charge is 0.335 e. The Morgan fingerprint density at radius 1 is 1.39 bits per heavy atom. The van der Waals surface area contributed by atoms with Gasteiger partial charge in [-0.3, -0.25) is 0 Å². The second-order valence-electron chi connectivity index (χ2n) is 4.64. The first-order chi connectivity index (χ1) is 8.38. The lowest BCUT2D eigenvalue weighted by Crippen LogP contribution is -2.12. The molecule has 0 unspecified atom stereocenters. The molecule has 0 amide bonds. The second-order valence-corrected chi connectivity index (χ2v) is 6.85. The van der Waals surface area contributed by atoms with Gasteiger partial charge in [-0.15, -0.1) is 0 Å². The Hall–Kier alpha value is -1.36. The molecule has 1 saturated carbocycles. The summed E-state index contributed by atoms with van der Waals surface area (Å²) in [5.74, 6) is -0.804. The number of benzene rings is 1. The van der Waals surface area contributed by atoms with E-state index in [2.05, 4.69) is 0 Å². The first-order valence-electron chi connectivity index (χ1n) is 5.98. The molecule has 0 atom stereocenters. The molecule has 0 aliphatic heterocycles. The first-order valence-corrected chi connectivity index (χ1v) is 7.63. The van der Waals surface area contributed by atoms with Crippen LogP contribution in [0, 0.1) is 6.92 Å². The lowest BCUT2D eigenvalue weighted by atomic mass is 10.0. The fourth-order valence-electron chi connectivity index (χ4n) is 2.22. The van der Waals surface area contributed by atoms with Crippen molar-refractivity contribution in [1.82, 2.24) is 0 Å². The molecule has 1 aliphatic rings. The summed E-state index contributed by atoms with van der Waals surface area (Å²) in [5, 5.41) is 9.08. The van der Waals surface area contributed by atoms with E-state index < -0.39 is 15.8 Å². The topological polar surface area (TPSA) is 71.4 Å². The molecule has 4 nitrogen and oxygen atoms in total. The van der Waals surface area contributed by atoms with Crippen LogP contribution in [0.2, 0.25) is 0 Å². The fraction of sp³-hybridized carbons (Fsp3) is 0.462. The molecule has 0 saturated heterocycles. The fourth-order valence-corrected chi connectivity index (χ4v) is 3.68. The van der Waals surface area contributed by atoms with Gasteiger partial charge in [0, 0.05) is 0 Å². The van der Waals surface area contributed by atoms with Crippen molar-refractivity contribution in [2.75, 3.05) is 5.75 Å². The molecule has 98 valence electrons. The van der Waals surface area contributed by atoms with Crippen LogP contribution in [0.15, 0.2) is 17.0 Å². The van der Waals surface area contributed by atoms with Gasteiger partial charge in [0.25, 0.3) is 0 Å². The number of carboxylic acid groups (broad SMARTS) is 1. The van der Waals surface area contributed by atoms with E-state index in [1.165, 1.54) is 6.07 Å². The average molecular weight is 268 g/mol. The van der Waals surface area contributed by atoms with Crippen molar-refractivity contribution < 1.29 is 18.3 Å². The number of carboxylic acids is 1. The lowest BCUT2D eigenvalue weighted by Gasteiger charge is -2.14. The molecule has 5 heteroatoms. The Morgan fingerprint density at radius 2 is 2.00 bits per heavy atom. The average Bonchev–Trinajstić information content (AvgIpc) is 3.11. The first kappa shape index (κ1) is 13.1. The molecule has 18 heavy (non-hydrogen) atoms. The maximum atomic E-state index is 12.2. The summed E-state index contributed by atoms with van der Waals surface area (Å²) < 4.78 is 24.3. The summed E-state index contributed by atoms with van der Waals surface area (Å²) in [6, 6.07) is 3.18. The van der Waals surface area contributed by atoms with Gasteiger partial charge in [0.2, 0.25) is 0 Å². The minimum absolute atomic E-state index is 0.00334. The van der Waals surface area contributed by atoms with Gasteiger partial charge < -0.3 is 5.11 Å². The van der Waals surface area contributed by atoms with E-state index in [4.69, 9.17) is 5.11 Å². The van der Waals surface area contributed by atoms with E-state index in [1.807, 2.05) is 0 Å². The van der Waals surface area contributed by atoms with Crippen LogP contribution in [0.25, 0.3) is 0 Å². The highest BCUT2D eigenvalue weighted by atomic mass is 32.2. The maximum absolute atomic E-state index is 12.2. The summed E-state index contributed by atoms with van der Waals surface area (Å²) in [4.78, 5) is 11.3. The third-order valence-electron chi connectivity index (χ3n) is 3.37. The number of sulfone groups is 1. The van der Waals surface area contributed by atoms with Crippen LogP contribution in [0.1, 0.15) is 47.2 Å². The molecule has 0 bridgehead atoms. The molecule has 1 aromatic rings. The third-order valence-corrected chi connectivity index (χ3v) is 5.30. The van der Waals surface area contributed by atoms with Crippen molar-refractivity contribution in [3.63, 3.8) is 0 Å². The Labute approximate surface area is 107 Å². The van der Waals surface area contributed by atoms with Crippen LogP contribution in [0.5, 0.6) is 0 Å². The Morgan fingerprint density at radius 3 is 2.44 bits per heavy atom. The van der Waals surface area contributed by atoms with E-state index in [0.717, 1.165) is 18.4 Å². The van der Waals surface area contributed by atoms with Crippen LogP contribution in [-0.2, 0) is 9.84 Å². The van der Waals surface area contributed by atoms with Crippen LogP contribution < -0.4 is 0 Å². The monoisotopic (exact) mass is 268 g/mol. The van der Waals surface area contributed by atoms with Gasteiger partial charge >= 0.3 is 5.97 Å². The zero-order valence-corrected chi connectivity index (χ0v) is 11.3. The van der Waals surface area contributed by atoms with Crippen molar-refractivity contribution in [3.05, 3.63) is 28.8 Å². The largest absolute Gasteiger partial charge is 0.478 e. The molecule has 2 rings (SSSR count). The minimum atomic E-state index is -3.38. The maximum Gasteiger partial charge on any atom is 0.335 e. The summed E-state index contributed by atoms with van der Waals surface area (Å²) in [7, 11) is -3.38. The van der Waals surface area contributed by atoms with Gasteiger partial charge in [-0.25, -0.2) is 13.2 Å². The van der Waals surface area contributed by atoms with Gasteiger partial charge in [0.1, 0.15) is 0 Å². The highest BCUT2D eigenvalue weighted by Crippen LogP contribution is 2.44.